The monoisotopic (exact) mass is 461 g/mol. The van der Waals surface area contributed by atoms with E-state index in [1.165, 1.54) is 0 Å². The zero-order valence-corrected chi connectivity index (χ0v) is 19.6. The van der Waals surface area contributed by atoms with Gasteiger partial charge in [0.15, 0.2) is 0 Å². The van der Waals surface area contributed by atoms with Crippen LogP contribution in [0, 0.1) is 0 Å². The Balaban J connectivity index is 1.42. The lowest BCUT2D eigenvalue weighted by Crippen LogP contribution is -2.30. The molecule has 0 saturated carbocycles. The fraction of sp³-hybridized carbons (Fsp3) is 0.435. The smallest absolute Gasteiger partial charge is 0.229 e. The summed E-state index contributed by atoms with van der Waals surface area (Å²) in [6.45, 7) is 3.35. The molecule has 0 aromatic heterocycles. The van der Waals surface area contributed by atoms with Gasteiger partial charge in [-0.25, -0.2) is 8.42 Å². The number of carbonyl (C=O) groups excluding carboxylic acids is 1. The first kappa shape index (κ1) is 23.9. The zero-order chi connectivity index (χ0) is 23.1. The molecule has 32 heavy (non-hydrogen) atoms. The fourth-order valence-corrected chi connectivity index (χ4v) is 4.21. The van der Waals surface area contributed by atoms with E-state index in [1.54, 1.807) is 19.2 Å². The first-order valence-corrected chi connectivity index (χ1v) is 12.6. The predicted molar refractivity (Wildman–Crippen MR) is 126 cm³/mol. The Morgan fingerprint density at radius 3 is 2.50 bits per heavy atom. The zero-order valence-electron chi connectivity index (χ0n) is 18.7. The Hall–Kier alpha value is -2.78. The summed E-state index contributed by atoms with van der Waals surface area (Å²) in [5.74, 6) is 1.41. The highest BCUT2D eigenvalue weighted by molar-refractivity contribution is 7.92. The highest BCUT2D eigenvalue weighted by atomic mass is 32.2. The lowest BCUT2D eigenvalue weighted by molar-refractivity contribution is -0.116. The lowest BCUT2D eigenvalue weighted by atomic mass is 10.0. The van der Waals surface area contributed by atoms with Crippen LogP contribution in [0.3, 0.4) is 0 Å². The number of methoxy groups -OCH3 is 1. The van der Waals surface area contributed by atoms with Gasteiger partial charge in [-0.3, -0.25) is 9.52 Å². The topological polar surface area (TPSA) is 106 Å². The first-order valence-electron chi connectivity index (χ1n) is 10.7. The van der Waals surface area contributed by atoms with Crippen LogP contribution in [0.25, 0.3) is 0 Å². The third kappa shape index (κ3) is 6.86. The van der Waals surface area contributed by atoms with E-state index in [2.05, 4.69) is 22.3 Å². The minimum absolute atomic E-state index is 0.00950. The quantitative estimate of drug-likeness (QED) is 0.445. The molecule has 0 radical (unpaired) electrons. The molecule has 1 unspecified atom stereocenters. The SMILES string of the molecule is COc1ccc(OCCNC(C)CCc2ccc(NS(C)(=O)=O)cc2)c2c1NC(=O)CC2. The van der Waals surface area contributed by atoms with Gasteiger partial charge < -0.3 is 20.1 Å². The maximum Gasteiger partial charge on any atom is 0.229 e. The molecule has 0 bridgehead atoms. The summed E-state index contributed by atoms with van der Waals surface area (Å²) in [4.78, 5) is 11.7. The van der Waals surface area contributed by atoms with Crippen molar-refractivity contribution in [2.24, 2.45) is 0 Å². The van der Waals surface area contributed by atoms with Crippen molar-refractivity contribution in [3.05, 3.63) is 47.5 Å². The molecule has 1 heterocycles. The molecule has 1 atom stereocenters. The number of ether oxygens (including phenoxy) is 2. The van der Waals surface area contributed by atoms with Crippen LogP contribution in [-0.4, -0.2) is 46.9 Å². The molecule has 0 fully saturated rings. The second kappa shape index (κ2) is 10.7. The van der Waals surface area contributed by atoms with E-state index in [-0.39, 0.29) is 5.91 Å². The number of aryl methyl sites for hydroxylation is 1. The number of rotatable bonds is 11. The van der Waals surface area contributed by atoms with Crippen LogP contribution in [0.4, 0.5) is 11.4 Å². The molecule has 9 heteroatoms. The summed E-state index contributed by atoms with van der Waals surface area (Å²) < 4.78 is 36.4. The van der Waals surface area contributed by atoms with Crippen molar-refractivity contribution in [3.63, 3.8) is 0 Å². The van der Waals surface area contributed by atoms with Gasteiger partial charge in [-0.15, -0.1) is 0 Å². The van der Waals surface area contributed by atoms with Gasteiger partial charge in [-0.2, -0.15) is 0 Å². The van der Waals surface area contributed by atoms with Crippen molar-refractivity contribution in [2.45, 2.75) is 38.6 Å². The fourth-order valence-electron chi connectivity index (χ4n) is 3.64. The molecule has 8 nitrogen and oxygen atoms in total. The normalized spacial score (nSPS) is 14.3. The van der Waals surface area contributed by atoms with Gasteiger partial charge in [0.2, 0.25) is 15.9 Å². The van der Waals surface area contributed by atoms with Gasteiger partial charge in [0.25, 0.3) is 0 Å². The van der Waals surface area contributed by atoms with E-state index >= 15 is 0 Å². The van der Waals surface area contributed by atoms with Crippen LogP contribution in [0.15, 0.2) is 36.4 Å². The number of fused-ring (bicyclic) bond motifs is 1. The lowest BCUT2D eigenvalue weighted by Gasteiger charge is -2.22. The van der Waals surface area contributed by atoms with Gasteiger partial charge in [-0.1, -0.05) is 12.1 Å². The molecule has 0 aliphatic carbocycles. The van der Waals surface area contributed by atoms with Crippen molar-refractivity contribution in [3.8, 4) is 11.5 Å². The maximum atomic E-state index is 11.7. The number of hydrogen-bond donors (Lipinski definition) is 3. The van der Waals surface area contributed by atoms with Gasteiger partial charge in [0.05, 0.1) is 19.1 Å². The van der Waals surface area contributed by atoms with E-state index in [0.717, 1.165) is 36.0 Å². The number of benzene rings is 2. The van der Waals surface area contributed by atoms with Crippen LogP contribution >= 0.6 is 0 Å². The summed E-state index contributed by atoms with van der Waals surface area (Å²) in [6.07, 6.45) is 4.05. The number of anilines is 2. The van der Waals surface area contributed by atoms with E-state index in [0.29, 0.717) is 49.2 Å². The van der Waals surface area contributed by atoms with Crippen LogP contribution in [0.5, 0.6) is 11.5 Å². The highest BCUT2D eigenvalue weighted by Gasteiger charge is 2.22. The molecular weight excluding hydrogens is 430 g/mol. The number of amides is 1. The minimum atomic E-state index is -3.26. The minimum Gasteiger partial charge on any atom is -0.495 e. The molecule has 1 aliphatic rings. The highest BCUT2D eigenvalue weighted by Crippen LogP contribution is 2.38. The number of sulfonamides is 1. The first-order chi connectivity index (χ1) is 15.2. The number of nitrogens with one attached hydrogen (secondary N) is 3. The predicted octanol–water partition coefficient (Wildman–Crippen LogP) is 2.94. The summed E-state index contributed by atoms with van der Waals surface area (Å²) in [7, 11) is -1.67. The van der Waals surface area contributed by atoms with E-state index in [9.17, 15) is 13.2 Å². The second-order valence-corrected chi connectivity index (χ2v) is 9.73. The van der Waals surface area contributed by atoms with Crippen LogP contribution < -0.4 is 24.8 Å². The van der Waals surface area contributed by atoms with E-state index in [4.69, 9.17) is 9.47 Å². The Kier molecular flexibility index (Phi) is 7.98. The van der Waals surface area contributed by atoms with Gasteiger partial charge in [0, 0.05) is 30.3 Å². The van der Waals surface area contributed by atoms with E-state index in [1.807, 2.05) is 24.3 Å². The third-order valence-corrected chi connectivity index (χ3v) is 5.90. The van der Waals surface area contributed by atoms with Crippen LogP contribution in [-0.2, 0) is 27.7 Å². The largest absolute Gasteiger partial charge is 0.495 e. The van der Waals surface area contributed by atoms with Crippen LogP contribution in [0.1, 0.15) is 30.9 Å². The number of carbonyl (C=O) groups is 1. The third-order valence-electron chi connectivity index (χ3n) is 5.29. The summed E-state index contributed by atoms with van der Waals surface area (Å²) in [6, 6.07) is 11.4. The maximum absolute atomic E-state index is 11.7. The standard InChI is InChI=1S/C23H31N3O5S/c1-16(4-5-17-6-8-18(9-7-17)26-32(3,28)29)24-14-15-31-20-11-12-21(30-2)23-19(20)10-13-22(27)25-23/h6-9,11-12,16,24,26H,4-5,10,13-15H2,1-3H3,(H,25,27). The van der Waals surface area contributed by atoms with Crippen molar-refractivity contribution in [1.82, 2.24) is 5.32 Å². The Morgan fingerprint density at radius 2 is 1.81 bits per heavy atom. The van der Waals surface area contributed by atoms with E-state index < -0.39 is 10.0 Å². The van der Waals surface area contributed by atoms with Crippen molar-refractivity contribution in [2.75, 3.05) is 36.6 Å². The molecule has 1 amide bonds. The van der Waals surface area contributed by atoms with Gasteiger partial charge in [-0.05, 0) is 56.0 Å². The Morgan fingerprint density at radius 1 is 1.09 bits per heavy atom. The molecule has 174 valence electrons. The molecule has 0 spiro atoms. The molecule has 2 aromatic rings. The van der Waals surface area contributed by atoms with Crippen molar-refractivity contribution < 1.29 is 22.7 Å². The van der Waals surface area contributed by atoms with Crippen molar-refractivity contribution >= 4 is 27.3 Å². The molecule has 1 aliphatic heterocycles. The average molecular weight is 462 g/mol. The summed E-state index contributed by atoms with van der Waals surface area (Å²) in [5.41, 5.74) is 3.41. The van der Waals surface area contributed by atoms with Crippen molar-refractivity contribution in [1.29, 1.82) is 0 Å². The number of hydrogen-bond acceptors (Lipinski definition) is 6. The second-order valence-electron chi connectivity index (χ2n) is 7.98. The average Bonchev–Trinajstić information content (AvgIpc) is 2.75. The summed E-state index contributed by atoms with van der Waals surface area (Å²) >= 11 is 0. The van der Waals surface area contributed by atoms with Gasteiger partial charge in [0.1, 0.15) is 18.1 Å². The summed E-state index contributed by atoms with van der Waals surface area (Å²) in [5, 5.41) is 6.35. The molecule has 3 N–H and O–H groups in total. The van der Waals surface area contributed by atoms with Crippen LogP contribution in [0.2, 0.25) is 0 Å². The van der Waals surface area contributed by atoms with Gasteiger partial charge >= 0.3 is 0 Å². The molecule has 0 saturated heterocycles. The molecule has 2 aromatic carbocycles. The molecular formula is C23H31N3O5S. The Labute approximate surface area is 189 Å². The Bertz CT molecular complexity index is 1040. The molecule has 3 rings (SSSR count).